The predicted octanol–water partition coefficient (Wildman–Crippen LogP) is 6.73. The molecular formula is C39H36N2O8S2. The Morgan fingerprint density at radius 3 is 1.86 bits per heavy atom. The van der Waals surface area contributed by atoms with Gasteiger partial charge in [-0.25, -0.2) is 25.8 Å². The van der Waals surface area contributed by atoms with E-state index in [4.69, 9.17) is 9.47 Å². The number of fused-ring (bicyclic) bond motifs is 4. The lowest BCUT2D eigenvalue weighted by Crippen LogP contribution is -2.60. The molecule has 0 radical (unpaired) electrons. The Hall–Kier alpha value is -4.56. The Bertz CT molecular complexity index is 2310. The minimum atomic E-state index is -4.70. The second kappa shape index (κ2) is 12.6. The monoisotopic (exact) mass is 724 g/mol. The lowest BCUT2D eigenvalue weighted by molar-refractivity contribution is 0.114. The highest BCUT2D eigenvalue weighted by Gasteiger charge is 2.59. The fraction of sp³-hybridized carbons (Fsp3) is 0.231. The number of quaternary nitrogens is 2. The predicted molar refractivity (Wildman–Crippen MR) is 194 cm³/mol. The molecule has 4 heterocycles. The number of hydrogen-bond donors (Lipinski definition) is 0. The highest BCUT2D eigenvalue weighted by Crippen LogP contribution is 2.53. The van der Waals surface area contributed by atoms with E-state index in [2.05, 4.69) is 0 Å². The van der Waals surface area contributed by atoms with Crippen molar-refractivity contribution in [3.8, 4) is 33.8 Å². The highest BCUT2D eigenvalue weighted by atomic mass is 32.2. The molecule has 2 saturated heterocycles. The summed E-state index contributed by atoms with van der Waals surface area (Å²) in [5, 5.41) is -2.45. The first-order chi connectivity index (χ1) is 24.5. The Kier molecular flexibility index (Phi) is 8.29. The summed E-state index contributed by atoms with van der Waals surface area (Å²) in [6.07, 6.45) is 9.32. The van der Waals surface area contributed by atoms with Crippen LogP contribution in [0.25, 0.3) is 22.3 Å². The third kappa shape index (κ3) is 5.63. The van der Waals surface area contributed by atoms with E-state index < -0.39 is 37.2 Å². The first-order valence-electron chi connectivity index (χ1n) is 17.0. The molecule has 4 aromatic carbocycles. The summed E-state index contributed by atoms with van der Waals surface area (Å²) in [4.78, 5) is 0. The smallest absolute Gasteiger partial charge is 0.303 e. The molecule has 4 aliphatic heterocycles. The summed E-state index contributed by atoms with van der Waals surface area (Å²) in [5.41, 5.74) is 5.00. The summed E-state index contributed by atoms with van der Waals surface area (Å²) in [5.74, 6) is 1.36. The van der Waals surface area contributed by atoms with E-state index in [9.17, 15) is 25.9 Å². The molecule has 51 heavy (non-hydrogen) atoms. The van der Waals surface area contributed by atoms with Crippen molar-refractivity contribution in [1.82, 2.24) is 8.97 Å². The van der Waals surface area contributed by atoms with Gasteiger partial charge < -0.3 is 18.6 Å². The quantitative estimate of drug-likeness (QED) is 0.116. The van der Waals surface area contributed by atoms with Gasteiger partial charge in [0, 0.05) is 50.0 Å². The summed E-state index contributed by atoms with van der Waals surface area (Å²) < 4.78 is 88.4. The van der Waals surface area contributed by atoms with Crippen LogP contribution in [0.5, 0.6) is 11.5 Å². The molecule has 8 rings (SSSR count). The average Bonchev–Trinajstić information content (AvgIpc) is 3.90. The Morgan fingerprint density at radius 1 is 0.627 bits per heavy atom. The number of benzene rings is 4. The first kappa shape index (κ1) is 33.6. The van der Waals surface area contributed by atoms with Crippen LogP contribution in [-0.4, -0.2) is 56.0 Å². The second-order valence-electron chi connectivity index (χ2n) is 13.4. The van der Waals surface area contributed by atoms with Gasteiger partial charge >= 0.3 is 5.88 Å². The molecule has 0 aliphatic carbocycles. The zero-order valence-electron chi connectivity index (χ0n) is 27.6. The number of hydrogen-bond acceptors (Lipinski definition) is 8. The fourth-order valence-electron chi connectivity index (χ4n) is 8.49. The molecule has 4 aromatic rings. The van der Waals surface area contributed by atoms with Gasteiger partial charge in [-0.05, 0) is 34.4 Å². The van der Waals surface area contributed by atoms with Crippen LogP contribution < -0.4 is 18.4 Å². The molecular weight excluding hydrogens is 689 g/mol. The van der Waals surface area contributed by atoms with Crippen molar-refractivity contribution in [3.63, 3.8) is 0 Å². The lowest BCUT2D eigenvalue weighted by Gasteiger charge is -2.38. The Morgan fingerprint density at radius 2 is 1.22 bits per heavy atom. The molecule has 0 aromatic heterocycles. The molecule has 0 amide bonds. The van der Waals surface area contributed by atoms with Crippen molar-refractivity contribution in [2.24, 2.45) is 0 Å². The third-order valence-corrected chi connectivity index (χ3v) is 13.2. The second-order valence-corrected chi connectivity index (χ2v) is 16.5. The zero-order chi connectivity index (χ0) is 35.4. The van der Waals surface area contributed by atoms with Crippen molar-refractivity contribution < 1.29 is 35.4 Å². The molecule has 5 unspecified atom stereocenters. The van der Waals surface area contributed by atoms with Gasteiger partial charge in [-0.1, -0.05) is 91.0 Å². The topological polar surface area (TPSA) is 133 Å². The van der Waals surface area contributed by atoms with E-state index in [1.807, 2.05) is 97.1 Å². The summed E-state index contributed by atoms with van der Waals surface area (Å²) in [6, 6.07) is 30.8. The summed E-state index contributed by atoms with van der Waals surface area (Å²) in [7, 11) is -9.38. The Labute approximate surface area is 297 Å². The maximum atomic E-state index is 12.7. The summed E-state index contributed by atoms with van der Waals surface area (Å²) >= 11 is 0. The third-order valence-electron chi connectivity index (χ3n) is 10.7. The molecule has 2 spiro atoms. The van der Waals surface area contributed by atoms with E-state index in [0.29, 0.717) is 54.7 Å². The minimum Gasteiger partial charge on any atom is -0.743 e. The van der Waals surface area contributed by atoms with Gasteiger partial charge in [-0.2, -0.15) is 0 Å². The SMILES string of the molecule is O=S(=O)([O-])C1CCC[N+]12C(=CC=CC=CC1Oc3ccc(-c4ccccc4)cc3[N+]13CCCC3S(=O)(=O)[O-])Oc1ccc(-c3ccccc3)cc12. The normalized spacial score (nSPS) is 27.8. The Balaban J connectivity index is 1.13. The van der Waals surface area contributed by atoms with E-state index >= 15 is 0 Å². The fourth-order valence-corrected chi connectivity index (χ4v) is 11.0. The van der Waals surface area contributed by atoms with Gasteiger partial charge in [-0.3, -0.25) is 0 Å². The molecule has 2 fully saturated rings. The molecule has 0 bridgehead atoms. The molecule has 4 aliphatic rings. The van der Waals surface area contributed by atoms with Crippen molar-refractivity contribution in [2.75, 3.05) is 13.1 Å². The van der Waals surface area contributed by atoms with Crippen LogP contribution in [0.3, 0.4) is 0 Å². The van der Waals surface area contributed by atoms with Gasteiger partial charge in [0.05, 0.1) is 13.1 Å². The summed E-state index contributed by atoms with van der Waals surface area (Å²) in [6.45, 7) is 0.805. The van der Waals surface area contributed by atoms with E-state index in [0.717, 1.165) is 22.3 Å². The van der Waals surface area contributed by atoms with Crippen LogP contribution in [-0.2, 0) is 20.2 Å². The van der Waals surface area contributed by atoms with Crippen molar-refractivity contribution in [2.45, 2.75) is 42.7 Å². The van der Waals surface area contributed by atoms with Gasteiger partial charge in [0.2, 0.25) is 0 Å². The van der Waals surface area contributed by atoms with Gasteiger partial charge in [0.1, 0.15) is 10.1 Å². The number of rotatable bonds is 7. The van der Waals surface area contributed by atoms with Crippen LogP contribution in [0.15, 0.2) is 133 Å². The maximum absolute atomic E-state index is 12.7. The van der Waals surface area contributed by atoms with Crippen molar-refractivity contribution in [1.29, 1.82) is 0 Å². The number of ether oxygens (including phenoxy) is 2. The van der Waals surface area contributed by atoms with Crippen molar-refractivity contribution in [3.05, 3.63) is 133 Å². The number of allylic oxidation sites excluding steroid dienone is 4. The standard InChI is InChI=1S/C39H36N2O8S2/c42-50(43,44)38-18-10-24-40(38)32-26-30(28-12-4-1-5-13-28)20-22-34(32)48-36(40)16-8-3-9-17-37-41(25-11-19-39(41)51(45,46)47)33-27-31(21-23-35(33)49-37)29-14-6-2-7-15-29/h1-9,12-17,20-23,26-27,36,38-39H,10-11,18-19,24-25H2. The van der Waals surface area contributed by atoms with Gasteiger partial charge in [0.15, 0.2) is 43.7 Å². The lowest BCUT2D eigenvalue weighted by atomic mass is 10.0. The van der Waals surface area contributed by atoms with Crippen LogP contribution in [0.1, 0.15) is 25.7 Å². The van der Waals surface area contributed by atoms with Crippen LogP contribution in [0, 0.1) is 0 Å². The van der Waals surface area contributed by atoms with E-state index in [1.165, 1.54) is 0 Å². The van der Waals surface area contributed by atoms with Crippen LogP contribution in [0.4, 0.5) is 11.4 Å². The largest absolute Gasteiger partial charge is 0.743 e. The highest BCUT2D eigenvalue weighted by molar-refractivity contribution is 7.86. The molecule has 0 N–H and O–H groups in total. The van der Waals surface area contributed by atoms with Gasteiger partial charge in [-0.15, -0.1) is 0 Å². The molecule has 12 heteroatoms. The molecule has 0 saturated carbocycles. The minimum absolute atomic E-state index is 0.140. The van der Waals surface area contributed by atoms with E-state index in [-0.39, 0.29) is 21.8 Å². The van der Waals surface area contributed by atoms with Crippen LogP contribution >= 0.6 is 0 Å². The maximum Gasteiger partial charge on any atom is 0.303 e. The zero-order valence-corrected chi connectivity index (χ0v) is 29.2. The number of nitrogens with zero attached hydrogens (tertiary/aromatic N) is 2. The van der Waals surface area contributed by atoms with Gasteiger partial charge in [0.25, 0.3) is 6.23 Å². The average molecular weight is 725 g/mol. The van der Waals surface area contributed by atoms with Crippen LogP contribution in [0.2, 0.25) is 0 Å². The van der Waals surface area contributed by atoms with Crippen molar-refractivity contribution >= 4 is 31.6 Å². The van der Waals surface area contributed by atoms with E-state index in [1.54, 1.807) is 30.4 Å². The molecule has 262 valence electrons. The molecule has 10 nitrogen and oxygen atoms in total. The first-order valence-corrected chi connectivity index (χ1v) is 19.9. The molecule has 5 atom stereocenters.